The molecule has 1 aromatic heterocycles. The maximum Gasteiger partial charge on any atom is 0.101 e. The van der Waals surface area contributed by atoms with Crippen LogP contribution in [0.5, 0.6) is 0 Å². The first-order valence-electron chi connectivity index (χ1n) is 4.23. The molecule has 1 rings (SSSR count). The minimum absolute atomic E-state index is 0.0966. The molecule has 0 aliphatic heterocycles. The van der Waals surface area contributed by atoms with Gasteiger partial charge in [-0.05, 0) is 26.0 Å². The Morgan fingerprint density at radius 2 is 2.29 bits per heavy atom. The van der Waals surface area contributed by atoms with E-state index in [0.29, 0.717) is 5.56 Å². The highest BCUT2D eigenvalue weighted by molar-refractivity contribution is 8.00. The van der Waals surface area contributed by atoms with E-state index in [1.165, 1.54) is 18.0 Å². The Labute approximate surface area is 87.8 Å². The lowest BCUT2D eigenvalue weighted by Crippen LogP contribution is -2.19. The maximum absolute atomic E-state index is 9.06. The molecule has 0 radical (unpaired) electrons. The van der Waals surface area contributed by atoms with Crippen molar-refractivity contribution < 1.29 is 5.11 Å². The molecule has 0 saturated heterocycles. The number of aliphatic hydroxyl groups excluding tert-OH is 1. The van der Waals surface area contributed by atoms with Gasteiger partial charge in [0, 0.05) is 10.9 Å². The molecule has 0 aromatic carbocycles. The molecule has 3 nitrogen and oxygen atoms in total. The van der Waals surface area contributed by atoms with Crippen LogP contribution >= 0.6 is 11.8 Å². The van der Waals surface area contributed by atoms with Gasteiger partial charge >= 0.3 is 0 Å². The highest BCUT2D eigenvalue weighted by atomic mass is 32.2. The zero-order valence-electron chi connectivity index (χ0n) is 8.19. The van der Waals surface area contributed by atoms with Crippen LogP contribution in [0.4, 0.5) is 0 Å². The predicted octanol–water partition coefficient (Wildman–Crippen LogP) is 1.82. The van der Waals surface area contributed by atoms with Gasteiger partial charge in [-0.25, -0.2) is 4.98 Å². The molecule has 0 amide bonds. The van der Waals surface area contributed by atoms with E-state index in [1.54, 1.807) is 12.1 Å². The average Bonchev–Trinajstić information content (AvgIpc) is 2.19. The van der Waals surface area contributed by atoms with Gasteiger partial charge in [-0.3, -0.25) is 0 Å². The molecule has 0 atom stereocenters. The van der Waals surface area contributed by atoms with Crippen LogP contribution in [0, 0.1) is 11.3 Å². The lowest BCUT2D eigenvalue weighted by atomic mass is 10.2. The number of thioether (sulfide) groups is 1. The highest BCUT2D eigenvalue weighted by Crippen LogP contribution is 2.30. The van der Waals surface area contributed by atoms with Crippen molar-refractivity contribution in [1.82, 2.24) is 4.98 Å². The molecule has 1 heterocycles. The summed E-state index contributed by atoms with van der Waals surface area (Å²) < 4.78 is -0.235. The lowest BCUT2D eigenvalue weighted by molar-refractivity contribution is 0.265. The van der Waals surface area contributed by atoms with Gasteiger partial charge in [-0.15, -0.1) is 0 Å². The van der Waals surface area contributed by atoms with Crippen molar-refractivity contribution in [3.8, 4) is 6.07 Å². The number of nitriles is 1. The summed E-state index contributed by atoms with van der Waals surface area (Å²) in [6.07, 6.45) is 1.54. The quantitative estimate of drug-likeness (QED) is 0.770. The van der Waals surface area contributed by atoms with Crippen molar-refractivity contribution in [2.75, 3.05) is 6.61 Å². The summed E-state index contributed by atoms with van der Waals surface area (Å²) in [6, 6.07) is 5.53. The van der Waals surface area contributed by atoms with Gasteiger partial charge in [0.2, 0.25) is 0 Å². The van der Waals surface area contributed by atoms with E-state index in [9.17, 15) is 0 Å². The fourth-order valence-corrected chi connectivity index (χ4v) is 1.69. The zero-order chi connectivity index (χ0) is 10.6. The summed E-state index contributed by atoms with van der Waals surface area (Å²) in [5, 5.41) is 18.4. The summed E-state index contributed by atoms with van der Waals surface area (Å²) in [7, 11) is 0. The van der Waals surface area contributed by atoms with Crippen molar-refractivity contribution in [2.45, 2.75) is 23.6 Å². The smallest absolute Gasteiger partial charge is 0.101 e. The number of aliphatic hydroxyl groups is 1. The molecule has 0 saturated carbocycles. The number of rotatable bonds is 3. The van der Waals surface area contributed by atoms with Gasteiger partial charge in [-0.2, -0.15) is 5.26 Å². The van der Waals surface area contributed by atoms with Crippen LogP contribution in [-0.2, 0) is 0 Å². The fourth-order valence-electron chi connectivity index (χ4n) is 0.822. The molecule has 0 aliphatic carbocycles. The molecule has 0 spiro atoms. The van der Waals surface area contributed by atoms with Gasteiger partial charge in [-0.1, -0.05) is 11.8 Å². The first kappa shape index (κ1) is 11.0. The van der Waals surface area contributed by atoms with Crippen LogP contribution in [0.25, 0.3) is 0 Å². The largest absolute Gasteiger partial charge is 0.395 e. The van der Waals surface area contributed by atoms with Gasteiger partial charge in [0.15, 0.2) is 0 Å². The molecule has 74 valence electrons. The van der Waals surface area contributed by atoms with E-state index in [-0.39, 0.29) is 11.4 Å². The van der Waals surface area contributed by atoms with Crippen molar-refractivity contribution in [3.05, 3.63) is 23.9 Å². The Kier molecular flexibility index (Phi) is 3.50. The fraction of sp³-hybridized carbons (Fsp3) is 0.400. The van der Waals surface area contributed by atoms with Crippen LogP contribution in [-0.4, -0.2) is 21.4 Å². The standard InChI is InChI=1S/C10H12N2OS/c1-10(2,7-13)14-9-4-3-8(5-11)6-12-9/h3-4,6,13H,7H2,1-2H3. The number of hydrogen-bond donors (Lipinski definition) is 1. The van der Waals surface area contributed by atoms with E-state index in [1.807, 2.05) is 19.9 Å². The normalized spacial score (nSPS) is 11.0. The molecule has 1 N–H and O–H groups in total. The highest BCUT2D eigenvalue weighted by Gasteiger charge is 2.18. The van der Waals surface area contributed by atoms with Crippen molar-refractivity contribution in [1.29, 1.82) is 5.26 Å². The number of nitrogens with zero attached hydrogens (tertiary/aromatic N) is 2. The van der Waals surface area contributed by atoms with Gasteiger partial charge < -0.3 is 5.11 Å². The zero-order valence-corrected chi connectivity index (χ0v) is 9.01. The Morgan fingerprint density at radius 3 is 2.71 bits per heavy atom. The second kappa shape index (κ2) is 4.45. The van der Waals surface area contributed by atoms with E-state index < -0.39 is 0 Å². The van der Waals surface area contributed by atoms with E-state index >= 15 is 0 Å². The Bertz CT molecular complexity index is 340. The number of pyridine rings is 1. The molecule has 1 aromatic rings. The summed E-state index contributed by atoms with van der Waals surface area (Å²) in [4.78, 5) is 4.11. The van der Waals surface area contributed by atoms with Crippen LogP contribution < -0.4 is 0 Å². The molecule has 0 bridgehead atoms. The second-order valence-electron chi connectivity index (χ2n) is 3.52. The Balaban J connectivity index is 2.75. The van der Waals surface area contributed by atoms with Crippen LogP contribution in [0.3, 0.4) is 0 Å². The van der Waals surface area contributed by atoms with Crippen LogP contribution in [0.1, 0.15) is 19.4 Å². The van der Waals surface area contributed by atoms with Crippen molar-refractivity contribution in [3.63, 3.8) is 0 Å². The molecule has 0 aliphatic rings. The van der Waals surface area contributed by atoms with E-state index in [2.05, 4.69) is 4.98 Å². The Hall–Kier alpha value is -1.05. The Morgan fingerprint density at radius 1 is 1.57 bits per heavy atom. The minimum atomic E-state index is -0.235. The SMILES string of the molecule is CC(C)(CO)Sc1ccc(C#N)cn1. The van der Waals surface area contributed by atoms with Crippen molar-refractivity contribution in [2.24, 2.45) is 0 Å². The molecular weight excluding hydrogens is 196 g/mol. The first-order chi connectivity index (χ1) is 6.57. The molecule has 0 fully saturated rings. The van der Waals surface area contributed by atoms with Crippen LogP contribution in [0.2, 0.25) is 0 Å². The van der Waals surface area contributed by atoms with Gasteiger partial charge in [0.05, 0.1) is 17.2 Å². The average molecular weight is 208 g/mol. The topological polar surface area (TPSA) is 56.9 Å². The first-order valence-corrected chi connectivity index (χ1v) is 5.05. The summed E-state index contributed by atoms with van der Waals surface area (Å²) >= 11 is 1.49. The molecule has 4 heteroatoms. The molecule has 0 unspecified atom stereocenters. The van der Waals surface area contributed by atoms with E-state index in [0.717, 1.165) is 5.03 Å². The summed E-state index contributed by atoms with van der Waals surface area (Å²) in [5.41, 5.74) is 0.552. The molecule has 14 heavy (non-hydrogen) atoms. The van der Waals surface area contributed by atoms with E-state index in [4.69, 9.17) is 10.4 Å². The lowest BCUT2D eigenvalue weighted by Gasteiger charge is -2.19. The number of aromatic nitrogens is 1. The number of hydrogen-bond acceptors (Lipinski definition) is 4. The third-order valence-corrected chi connectivity index (χ3v) is 2.76. The van der Waals surface area contributed by atoms with Gasteiger partial charge in [0.25, 0.3) is 0 Å². The molecular formula is C10H12N2OS. The predicted molar refractivity (Wildman–Crippen MR) is 56.0 cm³/mol. The third-order valence-electron chi connectivity index (χ3n) is 1.63. The van der Waals surface area contributed by atoms with Gasteiger partial charge in [0.1, 0.15) is 6.07 Å². The van der Waals surface area contributed by atoms with Crippen molar-refractivity contribution >= 4 is 11.8 Å². The van der Waals surface area contributed by atoms with Crippen LogP contribution in [0.15, 0.2) is 23.4 Å². The third kappa shape index (κ3) is 3.02. The maximum atomic E-state index is 9.06. The monoisotopic (exact) mass is 208 g/mol. The second-order valence-corrected chi connectivity index (χ2v) is 5.24. The minimum Gasteiger partial charge on any atom is -0.395 e. The summed E-state index contributed by atoms with van der Waals surface area (Å²) in [6.45, 7) is 3.98. The summed E-state index contributed by atoms with van der Waals surface area (Å²) in [5.74, 6) is 0.